The van der Waals surface area contributed by atoms with Crippen LogP contribution in [0.3, 0.4) is 0 Å². The SMILES string of the molecule is CCNCCN(C)CC(C)(C)O. The van der Waals surface area contributed by atoms with E-state index in [0.717, 1.165) is 26.2 Å². The molecule has 0 saturated heterocycles. The molecular weight excluding hydrogens is 152 g/mol. The molecule has 12 heavy (non-hydrogen) atoms. The molecule has 0 aromatic rings. The van der Waals surface area contributed by atoms with E-state index in [0.29, 0.717) is 0 Å². The van der Waals surface area contributed by atoms with Gasteiger partial charge in [0.25, 0.3) is 0 Å². The van der Waals surface area contributed by atoms with Gasteiger partial charge in [-0.3, -0.25) is 0 Å². The van der Waals surface area contributed by atoms with Crippen LogP contribution in [-0.4, -0.2) is 48.8 Å². The third-order valence-corrected chi connectivity index (χ3v) is 1.58. The zero-order valence-electron chi connectivity index (χ0n) is 8.72. The first kappa shape index (κ1) is 11.9. The minimum atomic E-state index is -0.582. The van der Waals surface area contributed by atoms with E-state index in [9.17, 15) is 5.11 Å². The first-order chi connectivity index (χ1) is 5.45. The average Bonchev–Trinajstić information content (AvgIpc) is 1.84. The molecular formula is C9H22N2O. The van der Waals surface area contributed by atoms with Gasteiger partial charge >= 0.3 is 0 Å². The predicted octanol–water partition coefficient (Wildman–Crippen LogP) is 0.299. The number of hydrogen-bond donors (Lipinski definition) is 2. The van der Waals surface area contributed by atoms with E-state index in [1.165, 1.54) is 0 Å². The Morgan fingerprint density at radius 2 is 2.00 bits per heavy atom. The largest absolute Gasteiger partial charge is 0.389 e. The molecule has 3 heteroatoms. The summed E-state index contributed by atoms with van der Waals surface area (Å²) in [5.74, 6) is 0. The minimum absolute atomic E-state index is 0.582. The maximum Gasteiger partial charge on any atom is 0.0718 e. The summed E-state index contributed by atoms with van der Waals surface area (Å²) in [4.78, 5) is 2.13. The second-order valence-electron chi connectivity index (χ2n) is 3.90. The van der Waals surface area contributed by atoms with Crippen molar-refractivity contribution in [1.82, 2.24) is 10.2 Å². The lowest BCUT2D eigenvalue weighted by Crippen LogP contribution is -2.39. The highest BCUT2D eigenvalue weighted by molar-refractivity contribution is 4.69. The van der Waals surface area contributed by atoms with Crippen LogP contribution in [0.4, 0.5) is 0 Å². The molecule has 0 aliphatic carbocycles. The quantitative estimate of drug-likeness (QED) is 0.568. The van der Waals surface area contributed by atoms with Crippen LogP contribution in [0.25, 0.3) is 0 Å². The first-order valence-corrected chi connectivity index (χ1v) is 4.57. The zero-order valence-corrected chi connectivity index (χ0v) is 8.72. The third-order valence-electron chi connectivity index (χ3n) is 1.58. The number of aliphatic hydroxyl groups is 1. The van der Waals surface area contributed by atoms with Crippen molar-refractivity contribution in [1.29, 1.82) is 0 Å². The number of nitrogens with zero attached hydrogens (tertiary/aromatic N) is 1. The molecule has 0 fully saturated rings. The van der Waals surface area contributed by atoms with Crippen LogP contribution in [0.15, 0.2) is 0 Å². The Bertz CT molecular complexity index is 110. The predicted molar refractivity (Wildman–Crippen MR) is 52.3 cm³/mol. The van der Waals surface area contributed by atoms with Gasteiger partial charge in [-0.25, -0.2) is 0 Å². The van der Waals surface area contributed by atoms with Gasteiger partial charge in [0.15, 0.2) is 0 Å². The summed E-state index contributed by atoms with van der Waals surface area (Å²) in [6, 6.07) is 0. The molecule has 0 radical (unpaired) electrons. The summed E-state index contributed by atoms with van der Waals surface area (Å²) in [5.41, 5.74) is -0.582. The van der Waals surface area contributed by atoms with Crippen molar-refractivity contribution in [3.8, 4) is 0 Å². The van der Waals surface area contributed by atoms with Crippen LogP contribution < -0.4 is 5.32 Å². The highest BCUT2D eigenvalue weighted by Crippen LogP contribution is 2.01. The van der Waals surface area contributed by atoms with Crippen molar-refractivity contribution in [3.63, 3.8) is 0 Å². The fourth-order valence-corrected chi connectivity index (χ4v) is 1.19. The molecule has 0 aliphatic rings. The molecule has 0 aliphatic heterocycles. The van der Waals surface area contributed by atoms with Crippen molar-refractivity contribution < 1.29 is 5.11 Å². The Morgan fingerprint density at radius 3 is 2.42 bits per heavy atom. The minimum Gasteiger partial charge on any atom is -0.389 e. The fourth-order valence-electron chi connectivity index (χ4n) is 1.19. The summed E-state index contributed by atoms with van der Waals surface area (Å²) in [6.45, 7) is 9.46. The monoisotopic (exact) mass is 174 g/mol. The number of likely N-dealkylation sites (N-methyl/N-ethyl adjacent to an activating group) is 2. The van der Waals surface area contributed by atoms with Gasteiger partial charge < -0.3 is 15.3 Å². The summed E-state index contributed by atoms with van der Waals surface area (Å²) in [5, 5.41) is 12.7. The fraction of sp³-hybridized carbons (Fsp3) is 1.00. The van der Waals surface area contributed by atoms with Gasteiger partial charge in [0.2, 0.25) is 0 Å². The summed E-state index contributed by atoms with van der Waals surface area (Å²) in [7, 11) is 2.02. The van der Waals surface area contributed by atoms with E-state index in [1.807, 2.05) is 20.9 Å². The van der Waals surface area contributed by atoms with Crippen LogP contribution in [0, 0.1) is 0 Å². The number of nitrogens with one attached hydrogen (secondary N) is 1. The summed E-state index contributed by atoms with van der Waals surface area (Å²) < 4.78 is 0. The van der Waals surface area contributed by atoms with Gasteiger partial charge in [0, 0.05) is 19.6 Å². The zero-order chi connectivity index (χ0) is 9.61. The molecule has 0 bridgehead atoms. The standard InChI is InChI=1S/C9H22N2O/c1-5-10-6-7-11(4)8-9(2,3)12/h10,12H,5-8H2,1-4H3. The van der Waals surface area contributed by atoms with Crippen molar-refractivity contribution in [2.75, 3.05) is 33.2 Å². The second-order valence-corrected chi connectivity index (χ2v) is 3.90. The van der Waals surface area contributed by atoms with Crippen LogP contribution in [-0.2, 0) is 0 Å². The van der Waals surface area contributed by atoms with Crippen LogP contribution >= 0.6 is 0 Å². The molecule has 0 saturated carbocycles. The van der Waals surface area contributed by atoms with E-state index in [-0.39, 0.29) is 0 Å². The van der Waals surface area contributed by atoms with E-state index in [1.54, 1.807) is 0 Å². The Balaban J connectivity index is 3.40. The van der Waals surface area contributed by atoms with E-state index >= 15 is 0 Å². The molecule has 74 valence electrons. The van der Waals surface area contributed by atoms with Crippen LogP contribution in [0.1, 0.15) is 20.8 Å². The molecule has 0 aromatic heterocycles. The smallest absolute Gasteiger partial charge is 0.0718 e. The number of hydrogen-bond acceptors (Lipinski definition) is 3. The van der Waals surface area contributed by atoms with Gasteiger partial charge in [-0.1, -0.05) is 6.92 Å². The second kappa shape index (κ2) is 5.51. The molecule has 0 rings (SSSR count). The topological polar surface area (TPSA) is 35.5 Å². The lowest BCUT2D eigenvalue weighted by atomic mass is 10.1. The van der Waals surface area contributed by atoms with Gasteiger partial charge in [-0.2, -0.15) is 0 Å². The molecule has 3 nitrogen and oxygen atoms in total. The van der Waals surface area contributed by atoms with Crippen molar-refractivity contribution in [2.24, 2.45) is 0 Å². The maximum absolute atomic E-state index is 9.48. The maximum atomic E-state index is 9.48. The van der Waals surface area contributed by atoms with Gasteiger partial charge in [-0.15, -0.1) is 0 Å². The molecule has 0 spiro atoms. The van der Waals surface area contributed by atoms with Crippen LogP contribution in [0.2, 0.25) is 0 Å². The molecule has 0 unspecified atom stereocenters. The summed E-state index contributed by atoms with van der Waals surface area (Å²) in [6.07, 6.45) is 0. The Kier molecular flexibility index (Phi) is 5.46. The van der Waals surface area contributed by atoms with Crippen LogP contribution in [0.5, 0.6) is 0 Å². The molecule has 0 amide bonds. The van der Waals surface area contributed by atoms with Crippen molar-refractivity contribution in [3.05, 3.63) is 0 Å². The Morgan fingerprint density at radius 1 is 1.42 bits per heavy atom. The lowest BCUT2D eigenvalue weighted by molar-refractivity contribution is 0.0450. The summed E-state index contributed by atoms with van der Waals surface area (Å²) >= 11 is 0. The van der Waals surface area contributed by atoms with E-state index in [4.69, 9.17) is 0 Å². The molecule has 0 heterocycles. The normalized spacial score (nSPS) is 12.5. The van der Waals surface area contributed by atoms with Gasteiger partial charge in [-0.05, 0) is 27.4 Å². The lowest BCUT2D eigenvalue weighted by Gasteiger charge is -2.25. The van der Waals surface area contributed by atoms with Crippen molar-refractivity contribution >= 4 is 0 Å². The number of rotatable bonds is 6. The highest BCUT2D eigenvalue weighted by atomic mass is 16.3. The van der Waals surface area contributed by atoms with Gasteiger partial charge in [0.1, 0.15) is 0 Å². The Labute approximate surface area is 75.8 Å². The average molecular weight is 174 g/mol. The Hall–Kier alpha value is -0.120. The van der Waals surface area contributed by atoms with E-state index in [2.05, 4.69) is 17.1 Å². The highest BCUT2D eigenvalue weighted by Gasteiger charge is 2.14. The van der Waals surface area contributed by atoms with Crippen molar-refractivity contribution in [2.45, 2.75) is 26.4 Å². The third kappa shape index (κ3) is 7.98. The van der Waals surface area contributed by atoms with Gasteiger partial charge in [0.05, 0.1) is 5.60 Å². The molecule has 0 aromatic carbocycles. The molecule has 0 atom stereocenters. The first-order valence-electron chi connectivity index (χ1n) is 4.57. The van der Waals surface area contributed by atoms with E-state index < -0.39 is 5.60 Å². The molecule has 2 N–H and O–H groups in total.